The lowest BCUT2D eigenvalue weighted by Gasteiger charge is -2.11. The second-order valence-electron chi connectivity index (χ2n) is 4.08. The molecule has 0 heterocycles. The highest BCUT2D eigenvalue weighted by atomic mass is 35.5. The van der Waals surface area contributed by atoms with Crippen molar-refractivity contribution >= 4 is 35.8 Å². The van der Waals surface area contributed by atoms with Crippen LogP contribution < -0.4 is 0 Å². The van der Waals surface area contributed by atoms with Gasteiger partial charge in [0.2, 0.25) is 0 Å². The molecule has 2 aromatic rings. The summed E-state index contributed by atoms with van der Waals surface area (Å²) in [5, 5.41) is -0.543. The third kappa shape index (κ3) is 3.06. The van der Waals surface area contributed by atoms with Gasteiger partial charge in [-0.2, -0.15) is 0 Å². The van der Waals surface area contributed by atoms with E-state index in [1.165, 1.54) is 0 Å². The van der Waals surface area contributed by atoms with Crippen molar-refractivity contribution in [1.82, 2.24) is 0 Å². The van der Waals surface area contributed by atoms with Gasteiger partial charge in [-0.05, 0) is 41.3 Å². The van der Waals surface area contributed by atoms with Gasteiger partial charge in [-0.25, -0.2) is 0 Å². The molecule has 2 aromatic carbocycles. The van der Waals surface area contributed by atoms with Gasteiger partial charge in [0.1, 0.15) is 0 Å². The van der Waals surface area contributed by atoms with Gasteiger partial charge in [0.15, 0.2) is 6.29 Å². The molecule has 0 aliphatic rings. The highest BCUT2D eigenvalue weighted by Crippen LogP contribution is 2.26. The number of carbonyl (C=O) groups excluding carboxylic acids is 2. The minimum atomic E-state index is -0.543. The van der Waals surface area contributed by atoms with Gasteiger partial charge in [0.05, 0.1) is 0 Å². The zero-order chi connectivity index (χ0) is 13.8. The van der Waals surface area contributed by atoms with Crippen LogP contribution in [0.4, 0.5) is 0 Å². The molecule has 0 spiro atoms. The Balaban J connectivity index is 2.53. The lowest BCUT2D eigenvalue weighted by molar-refractivity contribution is 0.107. The summed E-state index contributed by atoms with van der Waals surface area (Å²) in [6.45, 7) is 0. The normalized spacial score (nSPS) is 10.2. The molecule has 2 nitrogen and oxygen atoms in total. The second-order valence-corrected chi connectivity index (χ2v) is 4.87. The molecule has 0 amide bonds. The van der Waals surface area contributed by atoms with Crippen LogP contribution in [0.5, 0.6) is 0 Å². The number of halogens is 1. The fourth-order valence-electron chi connectivity index (χ4n) is 1.91. The highest BCUT2D eigenvalue weighted by molar-refractivity contribution is 7.80. The first-order chi connectivity index (χ1) is 9.13. The smallest absolute Gasteiger partial charge is 0.252 e. The molecule has 0 saturated carbocycles. The Hall–Kier alpha value is -1.58. The zero-order valence-electron chi connectivity index (χ0n) is 9.97. The molecular formula is C15H11ClO2S. The van der Waals surface area contributed by atoms with E-state index in [0.29, 0.717) is 28.0 Å². The molecule has 4 heteroatoms. The molecular weight excluding hydrogens is 280 g/mol. The first kappa shape index (κ1) is 13.8. The molecule has 19 heavy (non-hydrogen) atoms. The number of hydrogen-bond acceptors (Lipinski definition) is 3. The minimum absolute atomic E-state index is 0.390. The summed E-state index contributed by atoms with van der Waals surface area (Å²) in [7, 11) is 0. The quantitative estimate of drug-likeness (QED) is 0.528. The predicted molar refractivity (Wildman–Crippen MR) is 78.5 cm³/mol. The fourth-order valence-corrected chi connectivity index (χ4v) is 2.42. The van der Waals surface area contributed by atoms with E-state index in [1.807, 2.05) is 30.3 Å². The molecule has 0 saturated heterocycles. The highest BCUT2D eigenvalue weighted by Gasteiger charge is 2.15. The third-order valence-corrected chi connectivity index (χ3v) is 3.61. The van der Waals surface area contributed by atoms with Crippen molar-refractivity contribution in [3.05, 3.63) is 64.7 Å². The van der Waals surface area contributed by atoms with Crippen molar-refractivity contribution in [2.24, 2.45) is 0 Å². The maximum absolute atomic E-state index is 11.5. The van der Waals surface area contributed by atoms with Crippen LogP contribution in [0.15, 0.2) is 47.4 Å². The Morgan fingerprint density at radius 1 is 1.16 bits per heavy atom. The largest absolute Gasteiger partial charge is 0.298 e. The van der Waals surface area contributed by atoms with Crippen LogP contribution in [0.3, 0.4) is 0 Å². The summed E-state index contributed by atoms with van der Waals surface area (Å²) in [6.07, 6.45) is 1.23. The predicted octanol–water partition coefficient (Wildman–Crippen LogP) is 3.76. The fraction of sp³-hybridized carbons (Fsp3) is 0.0667. The Labute approximate surface area is 121 Å². The average Bonchev–Trinajstić information content (AvgIpc) is 2.42. The topological polar surface area (TPSA) is 34.1 Å². The number of thiol groups is 1. The van der Waals surface area contributed by atoms with Crippen LogP contribution in [-0.2, 0) is 6.42 Å². The Kier molecular flexibility index (Phi) is 4.40. The van der Waals surface area contributed by atoms with Gasteiger partial charge < -0.3 is 0 Å². The van der Waals surface area contributed by atoms with Gasteiger partial charge in [-0.3, -0.25) is 9.59 Å². The van der Waals surface area contributed by atoms with Crippen molar-refractivity contribution in [2.45, 2.75) is 11.3 Å². The van der Waals surface area contributed by atoms with Gasteiger partial charge >= 0.3 is 0 Å². The zero-order valence-corrected chi connectivity index (χ0v) is 11.6. The standard InChI is InChI=1S/C15H11ClO2S/c16-15(18)12-7-6-11(9-17)14(19)13(12)8-10-4-2-1-3-5-10/h1-7,9,19H,8H2. The molecule has 0 unspecified atom stereocenters. The molecule has 0 aromatic heterocycles. The monoisotopic (exact) mass is 290 g/mol. The van der Waals surface area contributed by atoms with E-state index in [9.17, 15) is 9.59 Å². The summed E-state index contributed by atoms with van der Waals surface area (Å²) >= 11 is 9.92. The average molecular weight is 291 g/mol. The molecule has 2 rings (SSSR count). The first-order valence-electron chi connectivity index (χ1n) is 5.67. The van der Waals surface area contributed by atoms with Crippen LogP contribution >= 0.6 is 24.2 Å². The third-order valence-electron chi connectivity index (χ3n) is 2.88. The van der Waals surface area contributed by atoms with Crippen molar-refractivity contribution in [2.75, 3.05) is 0 Å². The van der Waals surface area contributed by atoms with Crippen molar-refractivity contribution < 1.29 is 9.59 Å². The summed E-state index contributed by atoms with van der Waals surface area (Å²) in [5.41, 5.74) is 2.55. The molecule has 0 atom stereocenters. The lowest BCUT2D eigenvalue weighted by atomic mass is 9.98. The number of aldehydes is 1. The maximum Gasteiger partial charge on any atom is 0.252 e. The number of carbonyl (C=O) groups is 2. The molecule has 0 aliphatic heterocycles. The van der Waals surface area contributed by atoms with Crippen LogP contribution in [-0.4, -0.2) is 11.5 Å². The van der Waals surface area contributed by atoms with Crippen molar-refractivity contribution in [3.8, 4) is 0 Å². The van der Waals surface area contributed by atoms with Gasteiger partial charge in [0.25, 0.3) is 5.24 Å². The van der Waals surface area contributed by atoms with Crippen LogP contribution in [0.1, 0.15) is 31.8 Å². The number of rotatable bonds is 4. The molecule has 0 fully saturated rings. The van der Waals surface area contributed by atoms with E-state index < -0.39 is 5.24 Å². The van der Waals surface area contributed by atoms with Gasteiger partial charge in [-0.15, -0.1) is 12.6 Å². The van der Waals surface area contributed by atoms with E-state index >= 15 is 0 Å². The van der Waals surface area contributed by atoms with Crippen LogP contribution in [0, 0.1) is 0 Å². The summed E-state index contributed by atoms with van der Waals surface area (Å²) in [4.78, 5) is 22.9. The SMILES string of the molecule is O=Cc1ccc(C(=O)Cl)c(Cc2ccccc2)c1S. The lowest BCUT2D eigenvalue weighted by Crippen LogP contribution is -2.03. The van der Waals surface area contributed by atoms with E-state index in [4.69, 9.17) is 11.6 Å². The minimum Gasteiger partial charge on any atom is -0.298 e. The maximum atomic E-state index is 11.5. The van der Waals surface area contributed by atoms with Crippen LogP contribution in [0.2, 0.25) is 0 Å². The van der Waals surface area contributed by atoms with E-state index in [-0.39, 0.29) is 0 Å². The summed E-state index contributed by atoms with van der Waals surface area (Å²) < 4.78 is 0. The Bertz CT molecular complexity index is 624. The van der Waals surface area contributed by atoms with Crippen molar-refractivity contribution in [3.63, 3.8) is 0 Å². The molecule has 0 aliphatic carbocycles. The molecule has 96 valence electrons. The summed E-state index contributed by atoms with van der Waals surface area (Å²) in [5.74, 6) is 0. The Morgan fingerprint density at radius 2 is 1.84 bits per heavy atom. The molecule has 0 N–H and O–H groups in total. The molecule has 0 radical (unpaired) electrons. The van der Waals surface area contributed by atoms with Gasteiger partial charge in [0, 0.05) is 16.0 Å². The Morgan fingerprint density at radius 3 is 2.42 bits per heavy atom. The van der Waals surface area contributed by atoms with E-state index in [0.717, 1.165) is 11.8 Å². The number of benzene rings is 2. The second kappa shape index (κ2) is 6.04. The van der Waals surface area contributed by atoms with E-state index in [2.05, 4.69) is 12.6 Å². The van der Waals surface area contributed by atoms with Crippen molar-refractivity contribution in [1.29, 1.82) is 0 Å². The molecule has 0 bridgehead atoms. The number of hydrogen-bond donors (Lipinski definition) is 1. The summed E-state index contributed by atoms with van der Waals surface area (Å²) in [6, 6.07) is 12.8. The van der Waals surface area contributed by atoms with Crippen LogP contribution in [0.25, 0.3) is 0 Å². The van der Waals surface area contributed by atoms with E-state index in [1.54, 1.807) is 12.1 Å². The van der Waals surface area contributed by atoms with Gasteiger partial charge in [-0.1, -0.05) is 30.3 Å². The first-order valence-corrected chi connectivity index (χ1v) is 6.49.